The van der Waals surface area contributed by atoms with Gasteiger partial charge in [0.1, 0.15) is 6.10 Å². The minimum atomic E-state index is -4.46. The summed E-state index contributed by atoms with van der Waals surface area (Å²) in [6, 6.07) is 7.32. The minimum absolute atomic E-state index is 0.431. The molecule has 0 saturated carbocycles. The second kappa shape index (κ2) is 3.06. The first-order valence-electron chi connectivity index (χ1n) is 5.62. The summed E-state index contributed by atoms with van der Waals surface area (Å²) in [4.78, 5) is 4.95. The Hall–Kier alpha value is -1.56. The van der Waals surface area contributed by atoms with E-state index in [2.05, 4.69) is 5.16 Å². The Kier molecular flexibility index (Phi) is 1.76. The van der Waals surface area contributed by atoms with Crippen molar-refractivity contribution in [2.24, 2.45) is 11.1 Å². The molecule has 2 bridgehead atoms. The molecule has 4 rings (SSSR count). The van der Waals surface area contributed by atoms with Gasteiger partial charge in [0.05, 0.1) is 12.0 Å². The maximum atomic E-state index is 12.8. The molecule has 3 nitrogen and oxygen atoms in total. The van der Waals surface area contributed by atoms with E-state index in [1.165, 1.54) is 0 Å². The summed E-state index contributed by atoms with van der Waals surface area (Å²) in [7, 11) is 0. The highest BCUT2D eigenvalue weighted by atomic mass is 19.4. The molecule has 4 atom stereocenters. The monoisotopic (exact) mass is 255 g/mol. The van der Waals surface area contributed by atoms with Crippen molar-refractivity contribution >= 4 is 5.71 Å². The predicted octanol–water partition coefficient (Wildman–Crippen LogP) is 2.75. The molecule has 0 aromatic heterocycles. The third kappa shape index (κ3) is 1.11. The summed E-state index contributed by atoms with van der Waals surface area (Å²) in [5, 5.41) is 3.23. The predicted molar refractivity (Wildman–Crippen MR) is 54.9 cm³/mol. The Morgan fingerprint density at radius 3 is 2.39 bits per heavy atom. The van der Waals surface area contributed by atoms with E-state index in [1.807, 2.05) is 18.2 Å². The first kappa shape index (κ1) is 10.4. The molecule has 6 heteroatoms. The van der Waals surface area contributed by atoms with E-state index in [4.69, 9.17) is 9.57 Å². The smallest absolute Gasteiger partial charge is 0.388 e. The maximum Gasteiger partial charge on any atom is 0.433 e. The largest absolute Gasteiger partial charge is 0.433 e. The SMILES string of the molecule is FC(F)(F)C1=NO[C@H]2[C@@H]1[C@H]1O[C@H]2c2ccccc21. The first-order chi connectivity index (χ1) is 8.57. The lowest BCUT2D eigenvalue weighted by Crippen LogP contribution is -2.36. The maximum absolute atomic E-state index is 12.8. The molecule has 1 aromatic rings. The minimum Gasteiger partial charge on any atom is -0.388 e. The topological polar surface area (TPSA) is 30.8 Å². The number of ether oxygens (including phenoxy) is 1. The van der Waals surface area contributed by atoms with E-state index in [0.717, 1.165) is 11.1 Å². The molecule has 1 saturated heterocycles. The molecular weight excluding hydrogens is 247 g/mol. The lowest BCUT2D eigenvalue weighted by Gasteiger charge is -2.22. The average Bonchev–Trinajstić information content (AvgIpc) is 2.97. The number of oxime groups is 1. The zero-order chi connectivity index (χ0) is 12.5. The van der Waals surface area contributed by atoms with E-state index in [9.17, 15) is 13.2 Å². The highest BCUT2D eigenvalue weighted by Gasteiger charge is 2.63. The van der Waals surface area contributed by atoms with Gasteiger partial charge in [0.2, 0.25) is 0 Å². The van der Waals surface area contributed by atoms with Crippen molar-refractivity contribution in [3.05, 3.63) is 35.4 Å². The van der Waals surface area contributed by atoms with Crippen LogP contribution in [-0.4, -0.2) is 18.0 Å². The van der Waals surface area contributed by atoms with Gasteiger partial charge in [-0.15, -0.1) is 0 Å². The summed E-state index contributed by atoms with van der Waals surface area (Å²) in [5.41, 5.74) is 0.892. The van der Waals surface area contributed by atoms with E-state index < -0.39 is 36.1 Å². The number of rotatable bonds is 0. The number of alkyl halides is 3. The van der Waals surface area contributed by atoms with Gasteiger partial charge in [-0.1, -0.05) is 29.4 Å². The zero-order valence-corrected chi connectivity index (χ0v) is 9.02. The van der Waals surface area contributed by atoms with Crippen LogP contribution in [0, 0.1) is 5.92 Å². The summed E-state index contributed by atoms with van der Waals surface area (Å²) in [6.07, 6.45) is -6.11. The molecular formula is C12H8F3NO2. The highest BCUT2D eigenvalue weighted by molar-refractivity contribution is 5.94. The molecule has 1 aromatic carbocycles. The fourth-order valence-corrected chi connectivity index (χ4v) is 3.07. The summed E-state index contributed by atoms with van der Waals surface area (Å²) in [6.45, 7) is 0. The fraction of sp³-hybridized carbons (Fsp3) is 0.417. The van der Waals surface area contributed by atoms with Crippen molar-refractivity contribution in [3.8, 4) is 0 Å². The molecule has 3 heterocycles. The van der Waals surface area contributed by atoms with Crippen molar-refractivity contribution in [1.29, 1.82) is 0 Å². The normalized spacial score (nSPS) is 36.1. The van der Waals surface area contributed by atoms with E-state index >= 15 is 0 Å². The van der Waals surface area contributed by atoms with Crippen molar-refractivity contribution in [3.63, 3.8) is 0 Å². The standard InChI is InChI=1S/C12H8F3NO2/c13-12(14,15)11-7-8-5-3-1-2-4-6(5)9(17-8)10(7)18-16-11/h1-4,7-10H/t7-,8-,9-,10-/m0/s1. The number of fused-ring (bicyclic) bond motifs is 8. The zero-order valence-electron chi connectivity index (χ0n) is 9.02. The number of nitrogens with zero attached hydrogens (tertiary/aromatic N) is 1. The van der Waals surface area contributed by atoms with Gasteiger partial charge in [-0.3, -0.25) is 0 Å². The van der Waals surface area contributed by atoms with Gasteiger partial charge < -0.3 is 9.57 Å². The van der Waals surface area contributed by atoms with Crippen LogP contribution in [0.5, 0.6) is 0 Å². The van der Waals surface area contributed by atoms with Crippen LogP contribution < -0.4 is 0 Å². The number of benzene rings is 1. The quantitative estimate of drug-likeness (QED) is 0.713. The second-order valence-electron chi connectivity index (χ2n) is 4.68. The van der Waals surface area contributed by atoms with Crippen LogP contribution in [0.15, 0.2) is 29.4 Å². The van der Waals surface area contributed by atoms with Crippen molar-refractivity contribution in [2.75, 3.05) is 0 Å². The van der Waals surface area contributed by atoms with Crippen LogP contribution in [-0.2, 0) is 9.57 Å². The van der Waals surface area contributed by atoms with Gasteiger partial charge >= 0.3 is 6.18 Å². The molecule has 94 valence electrons. The molecule has 0 N–H and O–H groups in total. The molecule has 3 aliphatic heterocycles. The lowest BCUT2D eigenvalue weighted by molar-refractivity contribution is -0.0651. The lowest BCUT2D eigenvalue weighted by atomic mass is 9.79. The van der Waals surface area contributed by atoms with Crippen LogP contribution in [0.25, 0.3) is 0 Å². The fourth-order valence-electron chi connectivity index (χ4n) is 3.07. The Bertz CT molecular complexity index is 554. The molecule has 0 aliphatic carbocycles. The molecule has 18 heavy (non-hydrogen) atoms. The third-order valence-corrected chi connectivity index (χ3v) is 3.76. The van der Waals surface area contributed by atoms with Gasteiger partial charge in [0, 0.05) is 0 Å². The molecule has 0 spiro atoms. The van der Waals surface area contributed by atoms with Gasteiger partial charge in [-0.25, -0.2) is 0 Å². The average molecular weight is 255 g/mol. The van der Waals surface area contributed by atoms with Crippen molar-refractivity contribution in [2.45, 2.75) is 24.5 Å². The first-order valence-corrected chi connectivity index (χ1v) is 5.62. The number of hydrogen-bond donors (Lipinski definition) is 0. The van der Waals surface area contributed by atoms with Crippen molar-refractivity contribution in [1.82, 2.24) is 0 Å². The molecule has 3 aliphatic rings. The second-order valence-corrected chi connectivity index (χ2v) is 4.68. The number of halogens is 3. The van der Waals surface area contributed by atoms with Gasteiger partial charge in [-0.05, 0) is 11.1 Å². The molecule has 1 fully saturated rings. The third-order valence-electron chi connectivity index (χ3n) is 3.76. The Morgan fingerprint density at radius 2 is 1.72 bits per heavy atom. The van der Waals surface area contributed by atoms with Crippen LogP contribution >= 0.6 is 0 Å². The van der Waals surface area contributed by atoms with Gasteiger partial charge in [0.25, 0.3) is 0 Å². The Balaban J connectivity index is 1.80. The summed E-state index contributed by atoms with van der Waals surface area (Å²) in [5.74, 6) is -0.829. The highest BCUT2D eigenvalue weighted by Crippen LogP contribution is 2.58. The summed E-state index contributed by atoms with van der Waals surface area (Å²) < 4.78 is 44.1. The molecule has 0 unspecified atom stereocenters. The van der Waals surface area contributed by atoms with E-state index in [0.29, 0.717) is 0 Å². The molecule has 0 amide bonds. The van der Waals surface area contributed by atoms with Gasteiger partial charge in [0.15, 0.2) is 11.8 Å². The Morgan fingerprint density at radius 1 is 1.06 bits per heavy atom. The van der Waals surface area contributed by atoms with Crippen LogP contribution in [0.1, 0.15) is 23.3 Å². The van der Waals surface area contributed by atoms with Gasteiger partial charge in [-0.2, -0.15) is 13.2 Å². The van der Waals surface area contributed by atoms with Crippen LogP contribution in [0.4, 0.5) is 13.2 Å². The summed E-state index contributed by atoms with van der Waals surface area (Å²) >= 11 is 0. The van der Waals surface area contributed by atoms with E-state index in [-0.39, 0.29) is 0 Å². The Labute approximate surface area is 100 Å². The van der Waals surface area contributed by atoms with Crippen LogP contribution in [0.2, 0.25) is 0 Å². The van der Waals surface area contributed by atoms with E-state index in [1.54, 1.807) is 6.07 Å². The van der Waals surface area contributed by atoms with Crippen molar-refractivity contribution < 1.29 is 22.7 Å². The number of hydrogen-bond acceptors (Lipinski definition) is 3. The van der Waals surface area contributed by atoms with Crippen LogP contribution in [0.3, 0.4) is 0 Å². The molecule has 0 radical (unpaired) electrons.